The van der Waals surface area contributed by atoms with Gasteiger partial charge in [-0.1, -0.05) is 90.4 Å². The molecule has 37 heavy (non-hydrogen) atoms. The van der Waals surface area contributed by atoms with E-state index in [1.165, 1.54) is 70.6 Å². The topological polar surface area (TPSA) is 84.9 Å². The number of unbranched alkanes of at least 4 members (excludes halogenated alkanes) is 14. The molecule has 0 aromatic rings. The number of carbonyl (C=O) groups is 3. The van der Waals surface area contributed by atoms with Crippen LogP contribution in [0, 0.1) is 0 Å². The van der Waals surface area contributed by atoms with Crippen molar-refractivity contribution in [3.05, 3.63) is 0 Å². The Hall–Kier alpha value is -1.63. The number of hydrogen-bond donors (Lipinski definition) is 1. The molecule has 1 aliphatic heterocycles. The lowest BCUT2D eigenvalue weighted by molar-refractivity contribution is -0.148. The van der Waals surface area contributed by atoms with Crippen molar-refractivity contribution >= 4 is 17.8 Å². The van der Waals surface area contributed by atoms with E-state index < -0.39 is 0 Å². The lowest BCUT2D eigenvalue weighted by atomic mass is 10.0. The van der Waals surface area contributed by atoms with E-state index in [1.54, 1.807) is 0 Å². The summed E-state index contributed by atoms with van der Waals surface area (Å²) in [7, 11) is 0. The monoisotopic (exact) mass is 524 g/mol. The van der Waals surface area contributed by atoms with E-state index in [9.17, 15) is 14.4 Å². The number of likely N-dealkylation sites (tertiary alicyclic amines) is 1. The van der Waals surface area contributed by atoms with E-state index in [1.807, 2.05) is 11.8 Å². The van der Waals surface area contributed by atoms with Gasteiger partial charge < -0.3 is 19.7 Å². The van der Waals surface area contributed by atoms with Crippen LogP contribution in [0.2, 0.25) is 0 Å². The van der Waals surface area contributed by atoms with Crippen LogP contribution in [0.1, 0.15) is 136 Å². The first-order chi connectivity index (χ1) is 18.1. The minimum absolute atomic E-state index is 0.188. The maximum absolute atomic E-state index is 12.2. The van der Waals surface area contributed by atoms with Gasteiger partial charge in [-0.25, -0.2) is 0 Å². The maximum atomic E-state index is 12.2. The van der Waals surface area contributed by atoms with Crippen LogP contribution >= 0.6 is 0 Å². The van der Waals surface area contributed by atoms with E-state index >= 15 is 0 Å². The highest BCUT2D eigenvalue weighted by Crippen LogP contribution is 2.15. The van der Waals surface area contributed by atoms with E-state index in [0.29, 0.717) is 32.5 Å². The predicted molar refractivity (Wildman–Crippen MR) is 149 cm³/mol. The summed E-state index contributed by atoms with van der Waals surface area (Å²) in [5.74, 6) is -0.347. The molecule has 1 N–H and O–H groups in total. The second kappa shape index (κ2) is 23.5. The van der Waals surface area contributed by atoms with Gasteiger partial charge in [0.05, 0.1) is 6.10 Å². The predicted octanol–water partition coefficient (Wildman–Crippen LogP) is 6.32. The van der Waals surface area contributed by atoms with Gasteiger partial charge in [0, 0.05) is 39.1 Å². The Morgan fingerprint density at radius 2 is 1.32 bits per heavy atom. The van der Waals surface area contributed by atoms with Gasteiger partial charge in [-0.2, -0.15) is 0 Å². The smallest absolute Gasteiger partial charge is 0.306 e. The molecule has 0 spiro atoms. The van der Waals surface area contributed by atoms with Crippen molar-refractivity contribution in [1.82, 2.24) is 10.2 Å². The molecule has 1 fully saturated rings. The zero-order chi connectivity index (χ0) is 27.0. The van der Waals surface area contributed by atoms with Crippen LogP contribution in [0.25, 0.3) is 0 Å². The van der Waals surface area contributed by atoms with Crippen molar-refractivity contribution in [2.45, 2.75) is 142 Å². The molecule has 1 rings (SSSR count). The largest absolute Gasteiger partial charge is 0.456 e. The molecule has 0 saturated carbocycles. The van der Waals surface area contributed by atoms with Gasteiger partial charge in [0.25, 0.3) is 5.91 Å². The standard InChI is InChI=1S/C30H56N2O5/c1-3-5-6-7-8-9-10-11-12-13-14-15-18-21-30(35)37-26-28(33)31-23-19-16-17-20-29(34)32-24-22-27(25-32)36-4-2/h27H,3-26H2,1-2H3,(H,31,33)/t27-/m0/s1. The zero-order valence-electron chi connectivity index (χ0n) is 24.0. The van der Waals surface area contributed by atoms with E-state index in [-0.39, 0.29) is 30.5 Å². The fourth-order valence-electron chi connectivity index (χ4n) is 4.85. The average Bonchev–Trinajstić information content (AvgIpc) is 3.36. The molecule has 0 aliphatic carbocycles. The van der Waals surface area contributed by atoms with Crippen molar-refractivity contribution in [3.8, 4) is 0 Å². The Bertz CT molecular complexity index is 599. The molecule has 1 saturated heterocycles. The van der Waals surface area contributed by atoms with Gasteiger partial charge in [-0.3, -0.25) is 14.4 Å². The fraction of sp³-hybridized carbons (Fsp3) is 0.900. The Morgan fingerprint density at radius 3 is 1.95 bits per heavy atom. The van der Waals surface area contributed by atoms with Crippen LogP contribution in [0.15, 0.2) is 0 Å². The minimum Gasteiger partial charge on any atom is -0.456 e. The highest BCUT2D eigenvalue weighted by molar-refractivity contribution is 5.80. The number of nitrogens with zero attached hydrogens (tertiary/aromatic N) is 1. The summed E-state index contributed by atoms with van der Waals surface area (Å²) >= 11 is 0. The summed E-state index contributed by atoms with van der Waals surface area (Å²) in [6.45, 7) is 6.77. The zero-order valence-corrected chi connectivity index (χ0v) is 24.0. The van der Waals surface area contributed by atoms with Gasteiger partial charge in [-0.15, -0.1) is 0 Å². The lowest BCUT2D eigenvalue weighted by Gasteiger charge is -2.16. The third kappa shape index (κ3) is 19.1. The first-order valence-electron chi connectivity index (χ1n) is 15.4. The Balaban J connectivity index is 1.85. The number of esters is 1. The molecule has 0 aromatic carbocycles. The molecular weight excluding hydrogens is 468 g/mol. The summed E-state index contributed by atoms with van der Waals surface area (Å²) in [6.07, 6.45) is 21.1. The van der Waals surface area contributed by atoms with Gasteiger partial charge in [-0.05, 0) is 32.6 Å². The minimum atomic E-state index is -0.287. The molecule has 1 atom stereocenters. The molecule has 0 radical (unpaired) electrons. The fourth-order valence-corrected chi connectivity index (χ4v) is 4.85. The Morgan fingerprint density at radius 1 is 0.757 bits per heavy atom. The first kappa shape index (κ1) is 33.4. The number of nitrogens with one attached hydrogen (secondary N) is 1. The highest BCUT2D eigenvalue weighted by atomic mass is 16.5. The van der Waals surface area contributed by atoms with E-state index in [0.717, 1.165) is 45.1 Å². The summed E-state index contributed by atoms with van der Waals surface area (Å²) in [5.41, 5.74) is 0. The Labute approximate surface area is 226 Å². The van der Waals surface area contributed by atoms with Gasteiger partial charge in [0.15, 0.2) is 6.61 Å². The molecule has 1 aliphatic rings. The molecule has 7 heteroatoms. The molecule has 7 nitrogen and oxygen atoms in total. The molecule has 0 aromatic heterocycles. The third-order valence-corrected chi connectivity index (χ3v) is 7.14. The van der Waals surface area contributed by atoms with Gasteiger partial charge in [0.1, 0.15) is 0 Å². The molecular formula is C30H56N2O5. The van der Waals surface area contributed by atoms with E-state index in [2.05, 4.69) is 12.2 Å². The summed E-state index contributed by atoms with van der Waals surface area (Å²) < 4.78 is 10.7. The van der Waals surface area contributed by atoms with Crippen molar-refractivity contribution in [2.75, 3.05) is 32.8 Å². The highest BCUT2D eigenvalue weighted by Gasteiger charge is 2.25. The van der Waals surface area contributed by atoms with Gasteiger partial charge in [0.2, 0.25) is 5.91 Å². The number of amides is 2. The molecule has 216 valence electrons. The average molecular weight is 525 g/mol. The van der Waals surface area contributed by atoms with Crippen molar-refractivity contribution < 1.29 is 23.9 Å². The normalized spacial score (nSPS) is 15.2. The lowest BCUT2D eigenvalue weighted by Crippen LogP contribution is -2.30. The van der Waals surface area contributed by atoms with Crippen molar-refractivity contribution in [3.63, 3.8) is 0 Å². The third-order valence-electron chi connectivity index (χ3n) is 7.14. The van der Waals surface area contributed by atoms with Crippen molar-refractivity contribution in [2.24, 2.45) is 0 Å². The molecule has 1 heterocycles. The van der Waals surface area contributed by atoms with Crippen molar-refractivity contribution in [1.29, 1.82) is 0 Å². The second-order valence-electron chi connectivity index (χ2n) is 10.5. The quantitative estimate of drug-likeness (QED) is 0.118. The number of hydrogen-bond acceptors (Lipinski definition) is 5. The number of ether oxygens (including phenoxy) is 2. The van der Waals surface area contributed by atoms with Crippen LogP contribution in [0.4, 0.5) is 0 Å². The number of rotatable bonds is 24. The summed E-state index contributed by atoms with van der Waals surface area (Å²) in [5, 5.41) is 2.79. The van der Waals surface area contributed by atoms with E-state index in [4.69, 9.17) is 9.47 Å². The SMILES string of the molecule is CCCCCCCCCCCCCCCC(=O)OCC(=O)NCCCCCC(=O)N1CC[C@H](OCC)C1. The summed E-state index contributed by atoms with van der Waals surface area (Å²) in [4.78, 5) is 37.9. The maximum Gasteiger partial charge on any atom is 0.306 e. The Kier molecular flexibility index (Phi) is 21.2. The van der Waals surface area contributed by atoms with Crippen LogP contribution in [0.5, 0.6) is 0 Å². The molecule has 0 unspecified atom stereocenters. The van der Waals surface area contributed by atoms with Gasteiger partial charge >= 0.3 is 5.97 Å². The van der Waals surface area contributed by atoms with Crippen LogP contribution < -0.4 is 5.32 Å². The summed E-state index contributed by atoms with van der Waals surface area (Å²) in [6, 6.07) is 0. The second-order valence-corrected chi connectivity index (χ2v) is 10.5. The molecule has 2 amide bonds. The van der Waals surface area contributed by atoms with Crippen LogP contribution in [-0.4, -0.2) is 61.6 Å². The van der Waals surface area contributed by atoms with Crippen LogP contribution in [0.3, 0.4) is 0 Å². The number of carbonyl (C=O) groups excluding carboxylic acids is 3. The van der Waals surface area contributed by atoms with Crippen LogP contribution in [-0.2, 0) is 23.9 Å². The molecule has 0 bridgehead atoms. The first-order valence-corrected chi connectivity index (χ1v) is 15.4.